The highest BCUT2D eigenvalue weighted by Gasteiger charge is 2.14. The molecule has 0 amide bonds. The van der Waals surface area contributed by atoms with Gasteiger partial charge < -0.3 is 10.4 Å². The normalized spacial score (nSPS) is 18.4. The topological polar surface area (TPSA) is 32.3 Å². The van der Waals surface area contributed by atoms with Crippen LogP contribution in [0.4, 0.5) is 0 Å². The minimum Gasteiger partial charge on any atom is -0.387 e. The van der Waals surface area contributed by atoms with Gasteiger partial charge in [-0.1, -0.05) is 57.4 Å². The third-order valence-corrected chi connectivity index (χ3v) is 4.48. The lowest BCUT2D eigenvalue weighted by Crippen LogP contribution is -2.28. The van der Waals surface area contributed by atoms with Crippen LogP contribution in [0.1, 0.15) is 69.1 Å². The first-order valence-corrected chi connectivity index (χ1v) is 8.15. The Morgan fingerprint density at radius 2 is 1.65 bits per heavy atom. The van der Waals surface area contributed by atoms with Crippen LogP contribution in [0.2, 0.25) is 0 Å². The van der Waals surface area contributed by atoms with Crippen molar-refractivity contribution in [1.82, 2.24) is 5.32 Å². The van der Waals surface area contributed by atoms with E-state index >= 15 is 0 Å². The van der Waals surface area contributed by atoms with Crippen LogP contribution in [0, 0.1) is 5.92 Å². The fourth-order valence-electron chi connectivity index (χ4n) is 3.04. The van der Waals surface area contributed by atoms with Crippen LogP contribution in [-0.2, 0) is 0 Å². The van der Waals surface area contributed by atoms with Crippen molar-refractivity contribution in [2.24, 2.45) is 5.92 Å². The number of aliphatic hydroxyl groups is 1. The molecular formula is C18H29NO. The van der Waals surface area contributed by atoms with Gasteiger partial charge in [-0.3, -0.25) is 0 Å². The minimum absolute atomic E-state index is 0.389. The Hall–Kier alpha value is -0.860. The molecule has 1 saturated carbocycles. The smallest absolute Gasteiger partial charge is 0.0914 e. The van der Waals surface area contributed by atoms with Gasteiger partial charge in [0.15, 0.2) is 0 Å². The Morgan fingerprint density at radius 1 is 1.05 bits per heavy atom. The lowest BCUT2D eigenvalue weighted by Gasteiger charge is -2.22. The second-order valence-electron chi connectivity index (χ2n) is 6.50. The molecule has 0 heterocycles. The monoisotopic (exact) mass is 275 g/mol. The molecule has 1 fully saturated rings. The molecule has 0 radical (unpaired) electrons. The fourth-order valence-corrected chi connectivity index (χ4v) is 3.04. The Labute approximate surface area is 123 Å². The van der Waals surface area contributed by atoms with E-state index in [0.29, 0.717) is 12.5 Å². The van der Waals surface area contributed by atoms with E-state index in [2.05, 4.69) is 43.4 Å². The largest absolute Gasteiger partial charge is 0.387 e. The maximum atomic E-state index is 10.2. The molecule has 2 nitrogen and oxygen atoms in total. The molecule has 1 aromatic rings. The summed E-state index contributed by atoms with van der Waals surface area (Å²) in [5, 5.41) is 13.7. The van der Waals surface area contributed by atoms with Crippen LogP contribution in [0.25, 0.3) is 0 Å². The van der Waals surface area contributed by atoms with Crippen molar-refractivity contribution in [1.29, 1.82) is 0 Å². The van der Waals surface area contributed by atoms with E-state index in [9.17, 15) is 5.11 Å². The molecule has 112 valence electrons. The molecule has 0 aromatic heterocycles. The Kier molecular flexibility index (Phi) is 6.06. The third kappa shape index (κ3) is 4.60. The summed E-state index contributed by atoms with van der Waals surface area (Å²) >= 11 is 0. The molecule has 0 spiro atoms. The number of hydrogen-bond acceptors (Lipinski definition) is 2. The van der Waals surface area contributed by atoms with E-state index in [0.717, 1.165) is 18.0 Å². The van der Waals surface area contributed by atoms with Gasteiger partial charge in [-0.25, -0.2) is 0 Å². The predicted molar refractivity (Wildman–Crippen MR) is 84.9 cm³/mol. The van der Waals surface area contributed by atoms with E-state index in [-0.39, 0.29) is 6.10 Å². The average Bonchev–Trinajstić information content (AvgIpc) is 2.48. The second kappa shape index (κ2) is 7.80. The quantitative estimate of drug-likeness (QED) is 0.822. The molecule has 1 aliphatic rings. The molecule has 0 saturated heterocycles. The van der Waals surface area contributed by atoms with Crippen molar-refractivity contribution < 1.29 is 5.11 Å². The highest BCUT2D eigenvalue weighted by molar-refractivity contribution is 5.26. The number of hydrogen-bond donors (Lipinski definition) is 2. The molecule has 1 aliphatic carbocycles. The first kappa shape index (κ1) is 15.5. The van der Waals surface area contributed by atoms with Crippen molar-refractivity contribution in [3.8, 4) is 0 Å². The van der Waals surface area contributed by atoms with E-state index in [1.165, 1.54) is 37.7 Å². The van der Waals surface area contributed by atoms with Gasteiger partial charge in [-0.15, -0.1) is 0 Å². The van der Waals surface area contributed by atoms with E-state index in [1.54, 1.807) is 0 Å². The van der Waals surface area contributed by atoms with Gasteiger partial charge >= 0.3 is 0 Å². The molecule has 2 heteroatoms. The first-order chi connectivity index (χ1) is 9.66. The van der Waals surface area contributed by atoms with Gasteiger partial charge in [0.25, 0.3) is 0 Å². The number of nitrogens with one attached hydrogen (secondary N) is 1. The summed E-state index contributed by atoms with van der Waals surface area (Å²) in [6.45, 7) is 6.10. The molecule has 0 aliphatic heterocycles. The predicted octanol–water partition coefficient (Wildman–Crippen LogP) is 4.01. The Bertz CT molecular complexity index is 379. The molecule has 1 aromatic carbocycles. The molecule has 1 unspecified atom stereocenters. The maximum Gasteiger partial charge on any atom is 0.0914 e. The summed E-state index contributed by atoms with van der Waals surface area (Å²) in [6.07, 6.45) is 6.48. The number of rotatable bonds is 6. The molecule has 2 N–H and O–H groups in total. The van der Waals surface area contributed by atoms with Crippen molar-refractivity contribution in [3.63, 3.8) is 0 Å². The summed E-state index contributed by atoms with van der Waals surface area (Å²) in [6, 6.07) is 8.37. The van der Waals surface area contributed by atoms with Gasteiger partial charge in [-0.2, -0.15) is 0 Å². The first-order valence-electron chi connectivity index (χ1n) is 8.15. The SMILES string of the molecule is CC(C)c1ccc(C(O)CNCC2CCCCC2)cc1. The highest BCUT2D eigenvalue weighted by Crippen LogP contribution is 2.23. The van der Waals surface area contributed by atoms with Crippen LogP contribution in [-0.4, -0.2) is 18.2 Å². The summed E-state index contributed by atoms with van der Waals surface area (Å²) in [7, 11) is 0. The average molecular weight is 275 g/mol. The summed E-state index contributed by atoms with van der Waals surface area (Å²) in [4.78, 5) is 0. The van der Waals surface area contributed by atoms with Crippen LogP contribution < -0.4 is 5.32 Å². The highest BCUT2D eigenvalue weighted by atomic mass is 16.3. The van der Waals surface area contributed by atoms with Crippen LogP contribution in [0.5, 0.6) is 0 Å². The zero-order chi connectivity index (χ0) is 14.4. The van der Waals surface area contributed by atoms with Crippen molar-refractivity contribution >= 4 is 0 Å². The van der Waals surface area contributed by atoms with Gasteiger partial charge in [0.05, 0.1) is 6.10 Å². The molecule has 20 heavy (non-hydrogen) atoms. The number of aliphatic hydroxyl groups excluding tert-OH is 1. The van der Waals surface area contributed by atoms with Gasteiger partial charge in [0.1, 0.15) is 0 Å². The van der Waals surface area contributed by atoms with Crippen LogP contribution >= 0.6 is 0 Å². The zero-order valence-electron chi connectivity index (χ0n) is 12.9. The van der Waals surface area contributed by atoms with Gasteiger partial charge in [0, 0.05) is 6.54 Å². The number of benzene rings is 1. The van der Waals surface area contributed by atoms with Crippen molar-refractivity contribution in [2.45, 2.75) is 58.0 Å². The summed E-state index contributed by atoms with van der Waals surface area (Å²) in [5.41, 5.74) is 2.35. The summed E-state index contributed by atoms with van der Waals surface area (Å²) in [5.74, 6) is 1.37. The van der Waals surface area contributed by atoms with E-state index < -0.39 is 0 Å². The van der Waals surface area contributed by atoms with Crippen LogP contribution in [0.3, 0.4) is 0 Å². The fraction of sp³-hybridized carbons (Fsp3) is 0.667. The standard InChI is InChI=1S/C18H29NO/c1-14(2)16-8-10-17(11-9-16)18(20)13-19-12-15-6-4-3-5-7-15/h8-11,14-15,18-20H,3-7,12-13H2,1-2H3. The Morgan fingerprint density at radius 3 is 2.25 bits per heavy atom. The molecule has 2 rings (SSSR count). The van der Waals surface area contributed by atoms with Crippen molar-refractivity contribution in [2.75, 3.05) is 13.1 Å². The van der Waals surface area contributed by atoms with Gasteiger partial charge in [0.2, 0.25) is 0 Å². The molecule has 0 bridgehead atoms. The minimum atomic E-state index is -0.389. The van der Waals surface area contributed by atoms with Crippen molar-refractivity contribution in [3.05, 3.63) is 35.4 Å². The molecular weight excluding hydrogens is 246 g/mol. The van der Waals surface area contributed by atoms with Gasteiger partial charge in [-0.05, 0) is 42.3 Å². The maximum absolute atomic E-state index is 10.2. The van der Waals surface area contributed by atoms with E-state index in [4.69, 9.17) is 0 Å². The second-order valence-corrected chi connectivity index (χ2v) is 6.50. The van der Waals surface area contributed by atoms with E-state index in [1.807, 2.05) is 0 Å². The zero-order valence-corrected chi connectivity index (χ0v) is 12.9. The Balaban J connectivity index is 1.74. The third-order valence-electron chi connectivity index (χ3n) is 4.48. The molecule has 1 atom stereocenters. The van der Waals surface area contributed by atoms with Crippen LogP contribution in [0.15, 0.2) is 24.3 Å². The lowest BCUT2D eigenvalue weighted by atomic mass is 9.89. The summed E-state index contributed by atoms with van der Waals surface area (Å²) < 4.78 is 0. The lowest BCUT2D eigenvalue weighted by molar-refractivity contribution is 0.171.